The molecule has 1 aliphatic heterocycles. The van der Waals surface area contributed by atoms with Crippen molar-refractivity contribution in [3.05, 3.63) is 60.2 Å². The fourth-order valence-corrected chi connectivity index (χ4v) is 5.33. The molecule has 152 valence electrons. The Balaban J connectivity index is 1.50. The summed E-state index contributed by atoms with van der Waals surface area (Å²) < 4.78 is 42.1. The number of amides is 1. The van der Waals surface area contributed by atoms with Gasteiger partial charge in [-0.25, -0.2) is 17.8 Å². The van der Waals surface area contributed by atoms with E-state index in [2.05, 4.69) is 10.3 Å². The molecule has 9 heteroatoms. The first-order valence-electron chi connectivity index (χ1n) is 9.33. The van der Waals surface area contributed by atoms with Crippen LogP contribution >= 0.6 is 0 Å². The third-order valence-corrected chi connectivity index (χ3v) is 7.15. The van der Waals surface area contributed by atoms with Crippen LogP contribution in [0.25, 0.3) is 11.0 Å². The molecule has 1 aromatic heterocycles. The van der Waals surface area contributed by atoms with Crippen molar-refractivity contribution in [1.82, 2.24) is 19.2 Å². The number of nitrogens with zero attached hydrogens (tertiary/aromatic N) is 3. The minimum absolute atomic E-state index is 0.0195. The third-order valence-electron chi connectivity index (χ3n) is 5.23. The summed E-state index contributed by atoms with van der Waals surface area (Å²) in [7, 11) is -2.00. The molecule has 2 aromatic carbocycles. The van der Waals surface area contributed by atoms with E-state index in [1.165, 1.54) is 16.4 Å². The van der Waals surface area contributed by atoms with Gasteiger partial charge in [0.25, 0.3) is 0 Å². The Labute approximate surface area is 168 Å². The Kier molecular flexibility index (Phi) is 5.10. The number of hydrogen-bond acceptors (Lipinski definition) is 4. The molecular formula is C20H21FN4O3S. The van der Waals surface area contributed by atoms with Gasteiger partial charge in [0, 0.05) is 13.6 Å². The first-order chi connectivity index (χ1) is 13.9. The van der Waals surface area contributed by atoms with E-state index in [1.807, 2.05) is 35.9 Å². The number of fused-ring (bicyclic) bond motifs is 1. The number of nitrogens with one attached hydrogen (secondary N) is 1. The van der Waals surface area contributed by atoms with E-state index in [9.17, 15) is 17.6 Å². The molecule has 29 heavy (non-hydrogen) atoms. The Morgan fingerprint density at radius 3 is 2.66 bits per heavy atom. The molecule has 0 saturated carbocycles. The zero-order valence-corrected chi connectivity index (χ0v) is 16.7. The second-order valence-electron chi connectivity index (χ2n) is 7.02. The van der Waals surface area contributed by atoms with Gasteiger partial charge in [0.2, 0.25) is 15.9 Å². The molecule has 7 nitrogen and oxygen atoms in total. The summed E-state index contributed by atoms with van der Waals surface area (Å²) in [6.45, 7) is 0.453. The number of carbonyl (C=O) groups is 1. The number of rotatable bonds is 5. The van der Waals surface area contributed by atoms with Gasteiger partial charge in [-0.05, 0) is 49.2 Å². The lowest BCUT2D eigenvalue weighted by molar-refractivity contribution is -0.124. The van der Waals surface area contributed by atoms with E-state index >= 15 is 0 Å². The van der Waals surface area contributed by atoms with Crippen molar-refractivity contribution < 1.29 is 17.6 Å². The largest absolute Gasteiger partial charge is 0.347 e. The molecule has 1 N–H and O–H groups in total. The molecular weight excluding hydrogens is 395 g/mol. The lowest BCUT2D eigenvalue weighted by atomic mass is 10.2. The first-order valence-corrected chi connectivity index (χ1v) is 10.8. The van der Waals surface area contributed by atoms with Gasteiger partial charge in [-0.2, -0.15) is 4.31 Å². The maximum atomic E-state index is 13.1. The molecule has 1 saturated heterocycles. The zero-order valence-electron chi connectivity index (χ0n) is 15.9. The van der Waals surface area contributed by atoms with Gasteiger partial charge < -0.3 is 9.88 Å². The fourth-order valence-electron chi connectivity index (χ4n) is 3.67. The molecule has 1 aliphatic rings. The van der Waals surface area contributed by atoms with Crippen LogP contribution in [0.3, 0.4) is 0 Å². The van der Waals surface area contributed by atoms with Crippen molar-refractivity contribution in [3.63, 3.8) is 0 Å². The number of aromatic nitrogens is 2. The third kappa shape index (κ3) is 3.63. The van der Waals surface area contributed by atoms with E-state index in [1.54, 1.807) is 0 Å². The van der Waals surface area contributed by atoms with E-state index in [0.29, 0.717) is 18.7 Å². The summed E-state index contributed by atoms with van der Waals surface area (Å²) in [5.41, 5.74) is 1.79. The smallest absolute Gasteiger partial charge is 0.243 e. The molecule has 0 unspecified atom stereocenters. The summed E-state index contributed by atoms with van der Waals surface area (Å²) >= 11 is 0. The minimum atomic E-state index is -3.88. The lowest BCUT2D eigenvalue weighted by Crippen LogP contribution is -2.45. The van der Waals surface area contributed by atoms with E-state index in [4.69, 9.17) is 0 Å². The van der Waals surface area contributed by atoms with Gasteiger partial charge in [0.15, 0.2) is 0 Å². The SMILES string of the molecule is Cn1c(CNC(=O)[C@H]2CCCN2S(=O)(=O)c2ccc(F)cc2)nc2ccccc21. The normalized spacial score (nSPS) is 17.7. The lowest BCUT2D eigenvalue weighted by Gasteiger charge is -2.23. The summed E-state index contributed by atoms with van der Waals surface area (Å²) in [5, 5.41) is 2.82. The number of carbonyl (C=O) groups excluding carboxylic acids is 1. The van der Waals surface area contributed by atoms with Gasteiger partial charge in [-0.1, -0.05) is 12.1 Å². The van der Waals surface area contributed by atoms with Crippen molar-refractivity contribution in [2.75, 3.05) is 6.54 Å². The predicted molar refractivity (Wildman–Crippen MR) is 106 cm³/mol. The highest BCUT2D eigenvalue weighted by molar-refractivity contribution is 7.89. The van der Waals surface area contributed by atoms with E-state index in [0.717, 1.165) is 23.2 Å². The van der Waals surface area contributed by atoms with Gasteiger partial charge >= 0.3 is 0 Å². The van der Waals surface area contributed by atoms with Gasteiger partial charge in [0.1, 0.15) is 17.7 Å². The summed E-state index contributed by atoms with van der Waals surface area (Å²) in [6, 6.07) is 11.5. The van der Waals surface area contributed by atoms with Crippen molar-refractivity contribution in [1.29, 1.82) is 0 Å². The predicted octanol–water partition coefficient (Wildman–Crippen LogP) is 2.18. The monoisotopic (exact) mass is 416 g/mol. The van der Waals surface area contributed by atoms with Gasteiger partial charge in [-0.3, -0.25) is 4.79 Å². The molecule has 1 atom stereocenters. The molecule has 1 amide bonds. The van der Waals surface area contributed by atoms with Crippen LogP contribution in [-0.2, 0) is 28.4 Å². The molecule has 0 aliphatic carbocycles. The van der Waals surface area contributed by atoms with Crippen molar-refractivity contribution >= 4 is 27.0 Å². The average Bonchev–Trinajstić information content (AvgIpc) is 3.33. The standard InChI is InChI=1S/C20H21FN4O3S/c1-24-17-6-3-2-5-16(17)23-19(24)13-22-20(26)18-7-4-12-25(18)29(27,28)15-10-8-14(21)9-11-15/h2-3,5-6,8-11,18H,4,7,12-13H2,1H3,(H,22,26)/t18-/m1/s1. The molecule has 3 aromatic rings. The number of benzene rings is 2. The average molecular weight is 416 g/mol. The van der Waals surface area contributed by atoms with Crippen LogP contribution in [0.1, 0.15) is 18.7 Å². The van der Waals surface area contributed by atoms with E-state index < -0.39 is 21.9 Å². The van der Waals surface area contributed by atoms with Crippen LogP contribution in [0.4, 0.5) is 4.39 Å². The van der Waals surface area contributed by atoms with Gasteiger partial charge in [0.05, 0.1) is 22.5 Å². The number of imidazole rings is 1. The Bertz CT molecular complexity index is 1160. The van der Waals surface area contributed by atoms with Crippen LogP contribution in [0, 0.1) is 5.82 Å². The number of aryl methyl sites for hydroxylation is 1. The van der Waals surface area contributed by atoms with Crippen molar-refractivity contribution in [2.24, 2.45) is 7.05 Å². The highest BCUT2D eigenvalue weighted by Crippen LogP contribution is 2.26. The maximum Gasteiger partial charge on any atom is 0.243 e. The minimum Gasteiger partial charge on any atom is -0.347 e. The summed E-state index contributed by atoms with van der Waals surface area (Å²) in [6.07, 6.45) is 1.03. The van der Waals surface area contributed by atoms with Crippen LogP contribution < -0.4 is 5.32 Å². The Morgan fingerprint density at radius 1 is 1.21 bits per heavy atom. The number of para-hydroxylation sites is 2. The van der Waals surface area contributed by atoms with Crippen LogP contribution in [-0.4, -0.2) is 40.8 Å². The maximum absolute atomic E-state index is 13.1. The Hall–Kier alpha value is -2.78. The van der Waals surface area contributed by atoms with Crippen molar-refractivity contribution in [3.8, 4) is 0 Å². The summed E-state index contributed by atoms with van der Waals surface area (Å²) in [5.74, 6) is -0.187. The van der Waals surface area contributed by atoms with Crippen LogP contribution in [0.2, 0.25) is 0 Å². The second kappa shape index (κ2) is 7.57. The fraction of sp³-hybridized carbons (Fsp3) is 0.300. The first kappa shape index (κ1) is 19.5. The summed E-state index contributed by atoms with van der Waals surface area (Å²) in [4.78, 5) is 17.3. The quantitative estimate of drug-likeness (QED) is 0.691. The molecule has 2 heterocycles. The second-order valence-corrected chi connectivity index (χ2v) is 8.91. The molecule has 4 rings (SSSR count). The topological polar surface area (TPSA) is 84.3 Å². The zero-order chi connectivity index (χ0) is 20.6. The Morgan fingerprint density at radius 2 is 1.93 bits per heavy atom. The van der Waals surface area contributed by atoms with Crippen LogP contribution in [0.15, 0.2) is 53.4 Å². The molecule has 0 bridgehead atoms. The van der Waals surface area contributed by atoms with Crippen LogP contribution in [0.5, 0.6) is 0 Å². The van der Waals surface area contributed by atoms with Gasteiger partial charge in [-0.15, -0.1) is 0 Å². The molecule has 1 fully saturated rings. The highest BCUT2D eigenvalue weighted by atomic mass is 32.2. The molecule has 0 spiro atoms. The molecule has 0 radical (unpaired) electrons. The number of hydrogen-bond donors (Lipinski definition) is 1. The number of halogens is 1. The van der Waals surface area contributed by atoms with Crippen molar-refractivity contribution in [2.45, 2.75) is 30.3 Å². The van der Waals surface area contributed by atoms with E-state index in [-0.39, 0.29) is 23.9 Å². The number of sulfonamides is 1. The highest BCUT2D eigenvalue weighted by Gasteiger charge is 2.39.